The summed E-state index contributed by atoms with van der Waals surface area (Å²) in [7, 11) is 0. The normalized spacial score (nSPS) is 25.8. The van der Waals surface area contributed by atoms with E-state index in [9.17, 15) is 0 Å². The Hall–Kier alpha value is -1.04. The molecule has 2 heteroatoms. The average Bonchev–Trinajstić information content (AvgIpc) is 3.13. The van der Waals surface area contributed by atoms with Gasteiger partial charge in [0, 0.05) is 0 Å². The Labute approximate surface area is 130 Å². The summed E-state index contributed by atoms with van der Waals surface area (Å²) in [6.07, 6.45) is 15.7. The van der Waals surface area contributed by atoms with Gasteiger partial charge < -0.3 is 9.47 Å². The molecule has 0 saturated carbocycles. The van der Waals surface area contributed by atoms with Crippen LogP contribution in [0.2, 0.25) is 0 Å². The van der Waals surface area contributed by atoms with Gasteiger partial charge >= 0.3 is 0 Å². The molecule has 0 aromatic heterocycles. The van der Waals surface area contributed by atoms with E-state index in [4.69, 9.17) is 15.9 Å². The van der Waals surface area contributed by atoms with E-state index in [-0.39, 0.29) is 5.60 Å². The molecular weight excluding hydrogens is 260 g/mol. The van der Waals surface area contributed by atoms with E-state index < -0.39 is 0 Å². The first-order chi connectivity index (χ1) is 10.0. The van der Waals surface area contributed by atoms with Gasteiger partial charge in [-0.1, -0.05) is 36.1 Å². The van der Waals surface area contributed by atoms with E-state index in [1.165, 1.54) is 11.1 Å². The summed E-state index contributed by atoms with van der Waals surface area (Å²) in [4.78, 5) is 0. The van der Waals surface area contributed by atoms with Gasteiger partial charge in [-0.15, -0.1) is 6.42 Å². The summed E-state index contributed by atoms with van der Waals surface area (Å²) >= 11 is 0. The fraction of sp³-hybridized carbons (Fsp3) is 0.684. The van der Waals surface area contributed by atoms with Crippen molar-refractivity contribution in [3.63, 3.8) is 0 Å². The second-order valence-corrected chi connectivity index (χ2v) is 6.17. The lowest BCUT2D eigenvalue weighted by Gasteiger charge is -2.03. The predicted octanol–water partition coefficient (Wildman–Crippen LogP) is 4.66. The van der Waals surface area contributed by atoms with Crippen LogP contribution in [0, 0.1) is 12.3 Å². The number of hydrogen-bond acceptors (Lipinski definition) is 2. The highest BCUT2D eigenvalue weighted by atomic mass is 16.6. The smallest absolute Gasteiger partial charge is 0.107 e. The highest BCUT2D eigenvalue weighted by molar-refractivity contribution is 5.06. The standard InChI is InChI=1S/C19H30O2/c1-6-14-20-15-13-17(4)10-8-9-16(3)11-12-18-19(5,7-2)21-18/h1,9,13,18H,7-8,10-12,14-15H2,2-5H3. The van der Waals surface area contributed by atoms with Gasteiger partial charge in [0.2, 0.25) is 0 Å². The van der Waals surface area contributed by atoms with Gasteiger partial charge in [-0.05, 0) is 52.9 Å². The van der Waals surface area contributed by atoms with Crippen molar-refractivity contribution in [3.05, 3.63) is 23.3 Å². The molecule has 1 aliphatic heterocycles. The first-order valence-electron chi connectivity index (χ1n) is 8.02. The minimum Gasteiger partial charge on any atom is -0.366 e. The zero-order valence-electron chi connectivity index (χ0n) is 14.1. The minimum atomic E-state index is 0.165. The summed E-state index contributed by atoms with van der Waals surface area (Å²) in [5.74, 6) is 2.47. The summed E-state index contributed by atoms with van der Waals surface area (Å²) in [5, 5.41) is 0. The molecule has 0 aromatic carbocycles. The van der Waals surface area contributed by atoms with Gasteiger partial charge in [-0.2, -0.15) is 0 Å². The Kier molecular flexibility index (Phi) is 7.78. The fourth-order valence-electron chi connectivity index (χ4n) is 2.39. The number of hydrogen-bond donors (Lipinski definition) is 0. The maximum Gasteiger partial charge on any atom is 0.107 e. The molecule has 118 valence electrons. The molecule has 1 saturated heterocycles. The zero-order valence-corrected chi connectivity index (χ0v) is 14.1. The van der Waals surface area contributed by atoms with Crippen LogP contribution in [-0.2, 0) is 9.47 Å². The van der Waals surface area contributed by atoms with Crippen LogP contribution >= 0.6 is 0 Å². The molecule has 0 spiro atoms. The Morgan fingerprint density at radius 1 is 1.29 bits per heavy atom. The van der Waals surface area contributed by atoms with Crippen LogP contribution in [0.15, 0.2) is 23.3 Å². The lowest BCUT2D eigenvalue weighted by Crippen LogP contribution is -2.07. The lowest BCUT2D eigenvalue weighted by atomic mass is 9.99. The van der Waals surface area contributed by atoms with Crippen LogP contribution in [0.1, 0.15) is 59.8 Å². The van der Waals surface area contributed by atoms with Crippen LogP contribution in [0.4, 0.5) is 0 Å². The largest absolute Gasteiger partial charge is 0.366 e. The predicted molar refractivity (Wildman–Crippen MR) is 89.2 cm³/mol. The Bertz CT molecular complexity index is 414. The highest BCUT2D eigenvalue weighted by Crippen LogP contribution is 2.42. The molecular formula is C19H30O2. The summed E-state index contributed by atoms with van der Waals surface area (Å²) in [5.41, 5.74) is 3.00. The van der Waals surface area contributed by atoms with Gasteiger partial charge in [-0.25, -0.2) is 0 Å². The lowest BCUT2D eigenvalue weighted by molar-refractivity contribution is 0.198. The van der Waals surface area contributed by atoms with E-state index in [2.05, 4.69) is 45.8 Å². The second kappa shape index (κ2) is 9.07. The van der Waals surface area contributed by atoms with Crippen molar-refractivity contribution in [3.8, 4) is 12.3 Å². The van der Waals surface area contributed by atoms with E-state index in [1.54, 1.807) is 0 Å². The molecule has 0 N–H and O–H groups in total. The summed E-state index contributed by atoms with van der Waals surface area (Å²) < 4.78 is 11.0. The van der Waals surface area contributed by atoms with E-state index in [1.807, 2.05) is 0 Å². The molecule has 0 radical (unpaired) electrons. The molecule has 1 fully saturated rings. The fourth-order valence-corrected chi connectivity index (χ4v) is 2.39. The van der Waals surface area contributed by atoms with Crippen LogP contribution < -0.4 is 0 Å². The number of allylic oxidation sites excluding steroid dienone is 3. The summed E-state index contributed by atoms with van der Waals surface area (Å²) in [6.45, 7) is 9.79. The van der Waals surface area contributed by atoms with Crippen LogP contribution in [0.25, 0.3) is 0 Å². The van der Waals surface area contributed by atoms with Crippen molar-refractivity contribution in [2.24, 2.45) is 0 Å². The van der Waals surface area contributed by atoms with Crippen LogP contribution in [0.5, 0.6) is 0 Å². The minimum absolute atomic E-state index is 0.165. The van der Waals surface area contributed by atoms with Gasteiger partial charge in [0.1, 0.15) is 6.61 Å². The quantitative estimate of drug-likeness (QED) is 0.253. The molecule has 0 bridgehead atoms. The number of epoxide rings is 1. The molecule has 0 amide bonds. The number of rotatable bonds is 10. The Morgan fingerprint density at radius 2 is 2.00 bits per heavy atom. The maximum absolute atomic E-state index is 5.75. The molecule has 0 aromatic rings. The number of terminal acetylenes is 1. The van der Waals surface area contributed by atoms with Gasteiger partial charge in [0.25, 0.3) is 0 Å². The molecule has 1 aliphatic rings. The van der Waals surface area contributed by atoms with Gasteiger partial charge in [0.05, 0.1) is 18.3 Å². The van der Waals surface area contributed by atoms with Crippen LogP contribution in [0.3, 0.4) is 0 Å². The second-order valence-electron chi connectivity index (χ2n) is 6.17. The van der Waals surface area contributed by atoms with Crippen LogP contribution in [-0.4, -0.2) is 24.9 Å². The maximum atomic E-state index is 5.75. The topological polar surface area (TPSA) is 21.8 Å². The van der Waals surface area contributed by atoms with E-state index >= 15 is 0 Å². The Balaban J connectivity index is 2.13. The SMILES string of the molecule is C#CCOCC=C(C)CCC=C(C)CCC1OC1(C)CC. The van der Waals surface area contributed by atoms with Crippen molar-refractivity contribution in [2.75, 3.05) is 13.2 Å². The third-order valence-electron chi connectivity index (χ3n) is 4.30. The van der Waals surface area contributed by atoms with Crippen molar-refractivity contribution >= 4 is 0 Å². The highest BCUT2D eigenvalue weighted by Gasteiger charge is 2.49. The molecule has 1 rings (SSSR count). The molecule has 2 nitrogen and oxygen atoms in total. The van der Waals surface area contributed by atoms with E-state index in [0.29, 0.717) is 19.3 Å². The van der Waals surface area contributed by atoms with Crippen molar-refractivity contribution in [1.29, 1.82) is 0 Å². The first kappa shape index (κ1) is 18.0. The van der Waals surface area contributed by atoms with Crippen molar-refractivity contribution < 1.29 is 9.47 Å². The van der Waals surface area contributed by atoms with Gasteiger partial charge in [0.15, 0.2) is 0 Å². The molecule has 0 aliphatic carbocycles. The number of ether oxygens (including phenoxy) is 2. The average molecular weight is 290 g/mol. The zero-order chi connectivity index (χ0) is 15.7. The molecule has 2 unspecified atom stereocenters. The first-order valence-corrected chi connectivity index (χ1v) is 8.02. The third-order valence-corrected chi connectivity index (χ3v) is 4.30. The monoisotopic (exact) mass is 290 g/mol. The molecule has 21 heavy (non-hydrogen) atoms. The molecule has 1 heterocycles. The Morgan fingerprint density at radius 3 is 2.62 bits per heavy atom. The molecule has 2 atom stereocenters. The third kappa shape index (κ3) is 6.98. The van der Waals surface area contributed by atoms with Crippen molar-refractivity contribution in [1.82, 2.24) is 0 Å². The van der Waals surface area contributed by atoms with E-state index in [0.717, 1.165) is 32.1 Å². The summed E-state index contributed by atoms with van der Waals surface area (Å²) in [6, 6.07) is 0. The van der Waals surface area contributed by atoms with Crippen molar-refractivity contribution in [2.45, 2.75) is 71.5 Å². The van der Waals surface area contributed by atoms with Gasteiger partial charge in [-0.3, -0.25) is 0 Å².